The van der Waals surface area contributed by atoms with Gasteiger partial charge in [-0.3, -0.25) is 4.79 Å². The molecule has 1 aliphatic heterocycles. The first kappa shape index (κ1) is 15.9. The zero-order valence-electron chi connectivity index (χ0n) is 12.3. The van der Waals surface area contributed by atoms with E-state index in [4.69, 9.17) is 0 Å². The van der Waals surface area contributed by atoms with Crippen LogP contribution >= 0.6 is 0 Å². The van der Waals surface area contributed by atoms with Crippen LogP contribution in [0.2, 0.25) is 0 Å². The maximum absolute atomic E-state index is 12.7. The van der Waals surface area contributed by atoms with Crippen molar-refractivity contribution in [1.82, 2.24) is 14.5 Å². The topological polar surface area (TPSA) is 69.7 Å². The Labute approximate surface area is 125 Å². The van der Waals surface area contributed by atoms with Crippen LogP contribution in [0.4, 0.5) is 0 Å². The van der Waals surface area contributed by atoms with Crippen molar-refractivity contribution in [3.05, 3.63) is 30.3 Å². The van der Waals surface area contributed by atoms with Crippen LogP contribution in [0.25, 0.3) is 0 Å². The lowest BCUT2D eigenvalue weighted by atomic mass is 10.1. The van der Waals surface area contributed by atoms with Gasteiger partial charge in [-0.1, -0.05) is 18.2 Å². The molecule has 2 rings (SSSR count). The summed E-state index contributed by atoms with van der Waals surface area (Å²) in [5, 5.41) is 2.61. The van der Waals surface area contributed by atoms with Gasteiger partial charge in [0, 0.05) is 33.2 Å². The molecule has 6 nitrogen and oxygen atoms in total. The van der Waals surface area contributed by atoms with Crippen molar-refractivity contribution < 1.29 is 13.2 Å². The summed E-state index contributed by atoms with van der Waals surface area (Å²) in [6.45, 7) is 1.77. The van der Waals surface area contributed by atoms with Gasteiger partial charge in [0.05, 0.1) is 10.8 Å². The van der Waals surface area contributed by atoms with E-state index < -0.39 is 10.0 Å². The minimum atomic E-state index is -3.56. The highest BCUT2D eigenvalue weighted by Crippen LogP contribution is 2.19. The molecule has 7 heteroatoms. The number of carbonyl (C=O) groups is 1. The minimum absolute atomic E-state index is 0.128. The van der Waals surface area contributed by atoms with Gasteiger partial charge in [0.1, 0.15) is 0 Å². The van der Waals surface area contributed by atoms with E-state index in [1.807, 2.05) is 11.9 Å². The first-order valence-corrected chi connectivity index (χ1v) is 8.34. The molecule has 0 saturated carbocycles. The summed E-state index contributed by atoms with van der Waals surface area (Å²) in [4.78, 5) is 14.2. The third-order valence-electron chi connectivity index (χ3n) is 3.69. The molecule has 0 aliphatic carbocycles. The van der Waals surface area contributed by atoms with Crippen LogP contribution in [-0.2, 0) is 14.8 Å². The van der Waals surface area contributed by atoms with Crippen molar-refractivity contribution in [2.45, 2.75) is 4.90 Å². The van der Waals surface area contributed by atoms with Crippen molar-refractivity contribution in [3.8, 4) is 0 Å². The summed E-state index contributed by atoms with van der Waals surface area (Å²) in [5.41, 5.74) is 0. The van der Waals surface area contributed by atoms with E-state index in [0.717, 1.165) is 0 Å². The SMILES string of the molecule is CNC(=O)C1CN(C)CCN(S(=O)(=O)c2ccccc2)C1. The molecule has 1 aromatic rings. The van der Waals surface area contributed by atoms with Gasteiger partial charge in [-0.2, -0.15) is 4.31 Å². The number of hydrogen-bond acceptors (Lipinski definition) is 4. The van der Waals surface area contributed by atoms with E-state index in [1.165, 1.54) is 4.31 Å². The van der Waals surface area contributed by atoms with E-state index in [0.29, 0.717) is 19.6 Å². The van der Waals surface area contributed by atoms with E-state index >= 15 is 0 Å². The fourth-order valence-electron chi connectivity index (χ4n) is 2.47. The largest absolute Gasteiger partial charge is 0.359 e. The minimum Gasteiger partial charge on any atom is -0.359 e. The number of sulfonamides is 1. The van der Waals surface area contributed by atoms with Crippen LogP contribution in [0, 0.1) is 5.92 Å². The Hall–Kier alpha value is -1.44. The summed E-state index contributed by atoms with van der Waals surface area (Å²) >= 11 is 0. The second kappa shape index (κ2) is 6.55. The molecule has 1 atom stereocenters. The highest BCUT2D eigenvalue weighted by atomic mass is 32.2. The van der Waals surface area contributed by atoms with Crippen LogP contribution in [0.1, 0.15) is 0 Å². The summed E-state index contributed by atoms with van der Waals surface area (Å²) in [7, 11) is -0.0867. The molecule has 1 amide bonds. The fraction of sp³-hybridized carbons (Fsp3) is 0.500. The second-order valence-corrected chi connectivity index (χ2v) is 7.19. The Kier molecular flexibility index (Phi) is 4.97. The summed E-state index contributed by atoms with van der Waals surface area (Å²) in [6, 6.07) is 8.35. The van der Waals surface area contributed by atoms with Gasteiger partial charge in [-0.25, -0.2) is 8.42 Å². The van der Waals surface area contributed by atoms with E-state index in [2.05, 4.69) is 5.32 Å². The molecule has 116 valence electrons. The lowest BCUT2D eigenvalue weighted by molar-refractivity contribution is -0.124. The molecule has 1 saturated heterocycles. The molecule has 1 fully saturated rings. The smallest absolute Gasteiger partial charge is 0.243 e. The summed E-state index contributed by atoms with van der Waals surface area (Å²) in [6.07, 6.45) is 0. The molecule has 1 aliphatic rings. The van der Waals surface area contributed by atoms with Crippen molar-refractivity contribution in [2.24, 2.45) is 5.92 Å². The van der Waals surface area contributed by atoms with E-state index in [9.17, 15) is 13.2 Å². The average Bonchev–Trinajstić information content (AvgIpc) is 2.69. The normalized spacial score (nSPS) is 21.7. The number of amides is 1. The van der Waals surface area contributed by atoms with Gasteiger partial charge in [0.15, 0.2) is 0 Å². The van der Waals surface area contributed by atoms with Crippen molar-refractivity contribution in [3.63, 3.8) is 0 Å². The van der Waals surface area contributed by atoms with Crippen LogP contribution in [0.3, 0.4) is 0 Å². The van der Waals surface area contributed by atoms with Crippen molar-refractivity contribution in [2.75, 3.05) is 40.3 Å². The highest BCUT2D eigenvalue weighted by Gasteiger charge is 2.32. The fourth-order valence-corrected chi connectivity index (χ4v) is 3.97. The molecule has 0 bridgehead atoms. The van der Waals surface area contributed by atoms with Gasteiger partial charge in [0.25, 0.3) is 0 Å². The van der Waals surface area contributed by atoms with Crippen molar-refractivity contribution in [1.29, 1.82) is 0 Å². The molecule has 1 N–H and O–H groups in total. The third-order valence-corrected chi connectivity index (χ3v) is 5.56. The Morgan fingerprint density at radius 3 is 2.48 bits per heavy atom. The van der Waals surface area contributed by atoms with Gasteiger partial charge >= 0.3 is 0 Å². The quantitative estimate of drug-likeness (QED) is 0.852. The predicted octanol–water partition coefficient (Wildman–Crippen LogP) is -0.0151. The molecule has 0 aromatic heterocycles. The van der Waals surface area contributed by atoms with Gasteiger partial charge in [-0.05, 0) is 19.2 Å². The first-order valence-electron chi connectivity index (χ1n) is 6.90. The zero-order chi connectivity index (χ0) is 15.5. The Morgan fingerprint density at radius 2 is 1.86 bits per heavy atom. The Bertz CT molecular complexity index is 589. The number of nitrogens with zero attached hydrogens (tertiary/aromatic N) is 2. The Balaban J connectivity index is 2.27. The molecule has 0 radical (unpaired) electrons. The van der Waals surface area contributed by atoms with Gasteiger partial charge in [-0.15, -0.1) is 0 Å². The lowest BCUT2D eigenvalue weighted by Gasteiger charge is -2.22. The number of hydrogen-bond donors (Lipinski definition) is 1. The van der Waals surface area contributed by atoms with E-state index in [-0.39, 0.29) is 23.3 Å². The number of benzene rings is 1. The van der Waals surface area contributed by atoms with E-state index in [1.54, 1.807) is 37.4 Å². The highest BCUT2D eigenvalue weighted by molar-refractivity contribution is 7.89. The number of rotatable bonds is 3. The zero-order valence-corrected chi connectivity index (χ0v) is 13.1. The predicted molar refractivity (Wildman–Crippen MR) is 80.3 cm³/mol. The van der Waals surface area contributed by atoms with Gasteiger partial charge in [0.2, 0.25) is 15.9 Å². The molecule has 21 heavy (non-hydrogen) atoms. The maximum atomic E-state index is 12.7. The lowest BCUT2D eigenvalue weighted by Crippen LogP contribution is -2.41. The van der Waals surface area contributed by atoms with Crippen LogP contribution < -0.4 is 5.32 Å². The van der Waals surface area contributed by atoms with Crippen LogP contribution in [-0.4, -0.2) is 63.8 Å². The molecule has 1 aromatic carbocycles. The molecular formula is C14H21N3O3S. The molecular weight excluding hydrogens is 290 g/mol. The first-order chi connectivity index (χ1) is 9.95. The van der Waals surface area contributed by atoms with Crippen LogP contribution in [0.5, 0.6) is 0 Å². The molecule has 1 heterocycles. The van der Waals surface area contributed by atoms with Gasteiger partial charge < -0.3 is 10.2 Å². The number of nitrogens with one attached hydrogen (secondary N) is 1. The third kappa shape index (κ3) is 3.61. The van der Waals surface area contributed by atoms with Crippen molar-refractivity contribution >= 4 is 15.9 Å². The number of likely N-dealkylation sites (N-methyl/N-ethyl adjacent to an activating group) is 1. The number of carbonyl (C=O) groups excluding carboxylic acids is 1. The maximum Gasteiger partial charge on any atom is 0.243 e. The summed E-state index contributed by atoms with van der Waals surface area (Å²) in [5.74, 6) is -0.488. The second-order valence-electron chi connectivity index (χ2n) is 5.25. The summed E-state index contributed by atoms with van der Waals surface area (Å²) < 4.78 is 26.8. The monoisotopic (exact) mass is 311 g/mol. The average molecular weight is 311 g/mol. The molecule has 0 spiro atoms. The van der Waals surface area contributed by atoms with Crippen LogP contribution in [0.15, 0.2) is 35.2 Å². The molecule has 1 unspecified atom stereocenters. The standard InChI is InChI=1S/C14H21N3O3S/c1-15-14(18)12-10-16(2)8-9-17(11-12)21(19,20)13-6-4-3-5-7-13/h3-7,12H,8-11H2,1-2H3,(H,15,18). The Morgan fingerprint density at radius 1 is 1.19 bits per heavy atom.